The Hall–Kier alpha value is -1.80. The molecule has 0 fully saturated rings. The normalized spacial score (nSPS) is 14.1. The quantitative estimate of drug-likeness (QED) is 0.853. The zero-order valence-corrected chi connectivity index (χ0v) is 10.8. The van der Waals surface area contributed by atoms with Crippen molar-refractivity contribution >= 4 is 0 Å². The average Bonchev–Trinajstić information content (AvgIpc) is 2.40. The van der Waals surface area contributed by atoms with Gasteiger partial charge in [-0.2, -0.15) is 0 Å². The van der Waals surface area contributed by atoms with Gasteiger partial charge < -0.3 is 10.4 Å². The first-order valence-corrected chi connectivity index (χ1v) is 6.27. The summed E-state index contributed by atoms with van der Waals surface area (Å²) >= 11 is 0. The van der Waals surface area contributed by atoms with Crippen molar-refractivity contribution < 1.29 is 5.11 Å². The molecule has 0 bridgehead atoms. The Labute approximate surface area is 108 Å². The van der Waals surface area contributed by atoms with Crippen molar-refractivity contribution in [3.05, 3.63) is 65.7 Å². The fraction of sp³-hybridized carbons (Fsp3) is 0.250. The van der Waals surface area contributed by atoms with Crippen LogP contribution in [0.15, 0.2) is 54.6 Å². The van der Waals surface area contributed by atoms with Crippen molar-refractivity contribution in [2.24, 2.45) is 0 Å². The molecular weight excluding hydrogens is 222 g/mol. The summed E-state index contributed by atoms with van der Waals surface area (Å²) in [5.41, 5.74) is 2.18. The predicted molar refractivity (Wildman–Crippen MR) is 74.5 cm³/mol. The van der Waals surface area contributed by atoms with Gasteiger partial charge in [-0.1, -0.05) is 48.5 Å². The van der Waals surface area contributed by atoms with Crippen molar-refractivity contribution in [1.29, 1.82) is 0 Å². The molecule has 2 aromatic carbocycles. The van der Waals surface area contributed by atoms with E-state index in [-0.39, 0.29) is 12.1 Å². The molecule has 0 radical (unpaired) electrons. The van der Waals surface area contributed by atoms with Crippen LogP contribution in [-0.4, -0.2) is 5.11 Å². The molecule has 2 rings (SSSR count). The van der Waals surface area contributed by atoms with Crippen molar-refractivity contribution in [2.75, 3.05) is 0 Å². The van der Waals surface area contributed by atoms with Crippen LogP contribution in [0.25, 0.3) is 0 Å². The Balaban J connectivity index is 2.08. The van der Waals surface area contributed by atoms with Gasteiger partial charge in [-0.25, -0.2) is 0 Å². The zero-order chi connectivity index (χ0) is 13.0. The van der Waals surface area contributed by atoms with E-state index in [4.69, 9.17) is 0 Å². The minimum absolute atomic E-state index is 0.112. The van der Waals surface area contributed by atoms with E-state index in [2.05, 4.69) is 31.3 Å². The molecule has 2 nitrogen and oxygen atoms in total. The first kappa shape index (κ1) is 12.7. The number of hydrogen-bond donors (Lipinski definition) is 2. The van der Waals surface area contributed by atoms with Crippen LogP contribution >= 0.6 is 0 Å². The fourth-order valence-corrected chi connectivity index (χ4v) is 2.16. The summed E-state index contributed by atoms with van der Waals surface area (Å²) in [5.74, 6) is 0.345. The highest BCUT2D eigenvalue weighted by atomic mass is 16.3. The van der Waals surface area contributed by atoms with Gasteiger partial charge in [0.2, 0.25) is 0 Å². The van der Waals surface area contributed by atoms with E-state index < -0.39 is 0 Å². The predicted octanol–water partition coefficient (Wildman–Crippen LogP) is 3.80. The van der Waals surface area contributed by atoms with Gasteiger partial charge in [0.1, 0.15) is 5.75 Å². The number of rotatable bonds is 4. The van der Waals surface area contributed by atoms with Gasteiger partial charge >= 0.3 is 0 Å². The number of phenols is 1. The summed E-state index contributed by atoms with van der Waals surface area (Å²) in [7, 11) is 0. The summed E-state index contributed by atoms with van der Waals surface area (Å²) < 4.78 is 0. The maximum atomic E-state index is 9.82. The highest BCUT2D eigenvalue weighted by Crippen LogP contribution is 2.25. The molecule has 0 aromatic heterocycles. The van der Waals surface area contributed by atoms with E-state index in [0.29, 0.717) is 5.75 Å². The molecule has 1 unspecified atom stereocenters. The van der Waals surface area contributed by atoms with Crippen molar-refractivity contribution in [3.8, 4) is 5.75 Å². The first-order valence-electron chi connectivity index (χ1n) is 6.27. The molecular formula is C16H19NO. The molecule has 94 valence electrons. The van der Waals surface area contributed by atoms with Crippen LogP contribution in [0.5, 0.6) is 5.75 Å². The lowest BCUT2D eigenvalue weighted by molar-refractivity contribution is 0.438. The van der Waals surface area contributed by atoms with E-state index in [1.807, 2.05) is 36.4 Å². The lowest BCUT2D eigenvalue weighted by Gasteiger charge is -2.21. The zero-order valence-electron chi connectivity index (χ0n) is 10.8. The molecule has 0 saturated carbocycles. The Kier molecular flexibility index (Phi) is 4.00. The van der Waals surface area contributed by atoms with Crippen molar-refractivity contribution in [3.63, 3.8) is 0 Å². The number of benzene rings is 2. The third-order valence-corrected chi connectivity index (χ3v) is 3.20. The molecule has 2 heteroatoms. The van der Waals surface area contributed by atoms with Crippen LogP contribution in [0.1, 0.15) is 37.1 Å². The molecule has 0 heterocycles. The third-order valence-electron chi connectivity index (χ3n) is 3.20. The van der Waals surface area contributed by atoms with Crippen LogP contribution in [-0.2, 0) is 0 Å². The van der Waals surface area contributed by atoms with Gasteiger partial charge in [0.15, 0.2) is 0 Å². The van der Waals surface area contributed by atoms with Gasteiger partial charge in [0.05, 0.1) is 0 Å². The molecule has 0 aliphatic carbocycles. The minimum atomic E-state index is 0.112. The summed E-state index contributed by atoms with van der Waals surface area (Å²) in [4.78, 5) is 0. The van der Waals surface area contributed by atoms with E-state index in [9.17, 15) is 5.11 Å². The van der Waals surface area contributed by atoms with Crippen LogP contribution < -0.4 is 5.32 Å². The van der Waals surface area contributed by atoms with E-state index in [0.717, 1.165) is 5.56 Å². The third kappa shape index (κ3) is 2.90. The average molecular weight is 241 g/mol. The van der Waals surface area contributed by atoms with Gasteiger partial charge in [0, 0.05) is 17.6 Å². The van der Waals surface area contributed by atoms with Crippen LogP contribution in [0, 0.1) is 0 Å². The highest BCUT2D eigenvalue weighted by Gasteiger charge is 2.13. The SMILES string of the molecule is CC(N[C@@H](C)c1ccccc1)c1ccccc1O. The maximum Gasteiger partial charge on any atom is 0.120 e. The number of nitrogens with one attached hydrogen (secondary N) is 1. The minimum Gasteiger partial charge on any atom is -0.508 e. The Morgan fingerprint density at radius 3 is 2.11 bits per heavy atom. The molecule has 0 aliphatic heterocycles. The molecule has 18 heavy (non-hydrogen) atoms. The van der Waals surface area contributed by atoms with Crippen LogP contribution in [0.4, 0.5) is 0 Å². The van der Waals surface area contributed by atoms with E-state index in [1.165, 1.54) is 5.56 Å². The van der Waals surface area contributed by atoms with Gasteiger partial charge in [-0.05, 0) is 25.5 Å². The van der Waals surface area contributed by atoms with Crippen molar-refractivity contribution in [2.45, 2.75) is 25.9 Å². The second kappa shape index (κ2) is 5.69. The topological polar surface area (TPSA) is 32.3 Å². The first-order chi connectivity index (χ1) is 8.68. The monoisotopic (exact) mass is 241 g/mol. The molecule has 0 amide bonds. The van der Waals surface area contributed by atoms with Crippen LogP contribution in [0.2, 0.25) is 0 Å². The highest BCUT2D eigenvalue weighted by molar-refractivity contribution is 5.34. The lowest BCUT2D eigenvalue weighted by Crippen LogP contribution is -2.22. The number of aromatic hydroxyl groups is 1. The number of hydrogen-bond acceptors (Lipinski definition) is 2. The fourth-order valence-electron chi connectivity index (χ4n) is 2.16. The smallest absolute Gasteiger partial charge is 0.120 e. The van der Waals surface area contributed by atoms with E-state index in [1.54, 1.807) is 6.07 Å². The van der Waals surface area contributed by atoms with Crippen LogP contribution in [0.3, 0.4) is 0 Å². The van der Waals surface area contributed by atoms with E-state index >= 15 is 0 Å². The molecule has 2 aromatic rings. The molecule has 0 aliphatic rings. The summed E-state index contributed by atoms with van der Waals surface area (Å²) in [6.45, 7) is 4.19. The number of para-hydroxylation sites is 1. The Morgan fingerprint density at radius 2 is 1.44 bits per heavy atom. The Morgan fingerprint density at radius 1 is 0.833 bits per heavy atom. The Bertz CT molecular complexity index is 495. The van der Waals surface area contributed by atoms with Gasteiger partial charge in [-0.15, -0.1) is 0 Å². The summed E-state index contributed by atoms with van der Waals surface area (Å²) in [6, 6.07) is 18.1. The summed E-state index contributed by atoms with van der Waals surface area (Å²) in [6.07, 6.45) is 0. The molecule has 0 saturated heterocycles. The lowest BCUT2D eigenvalue weighted by atomic mass is 10.0. The maximum absolute atomic E-state index is 9.82. The second-order valence-corrected chi connectivity index (χ2v) is 4.58. The van der Waals surface area contributed by atoms with Crippen molar-refractivity contribution in [1.82, 2.24) is 5.32 Å². The molecule has 2 atom stereocenters. The standard InChI is InChI=1S/C16H19NO/c1-12(14-8-4-3-5-9-14)17-13(2)15-10-6-7-11-16(15)18/h3-13,17-18H,1-2H3/t12-,13?/m0/s1. The summed E-state index contributed by atoms with van der Waals surface area (Å²) in [5, 5.41) is 13.3. The second-order valence-electron chi connectivity index (χ2n) is 4.58. The molecule has 2 N–H and O–H groups in total. The van der Waals surface area contributed by atoms with Gasteiger partial charge in [0.25, 0.3) is 0 Å². The number of phenolic OH excluding ortho intramolecular Hbond substituents is 1. The largest absolute Gasteiger partial charge is 0.508 e. The molecule has 0 spiro atoms. The van der Waals surface area contributed by atoms with Gasteiger partial charge in [-0.3, -0.25) is 0 Å².